The van der Waals surface area contributed by atoms with Crippen LogP contribution in [-0.2, 0) is 21.1 Å². The number of sulfone groups is 1. The number of hydrogen-bond acceptors (Lipinski definition) is 5. The van der Waals surface area contributed by atoms with Crippen LogP contribution in [0.15, 0.2) is 29.2 Å². The lowest BCUT2D eigenvalue weighted by molar-refractivity contribution is -0.122. The van der Waals surface area contributed by atoms with E-state index in [1.54, 1.807) is 31.2 Å². The minimum atomic E-state index is -3.19. The predicted molar refractivity (Wildman–Crippen MR) is 89.9 cm³/mol. The van der Waals surface area contributed by atoms with Crippen LogP contribution in [0.5, 0.6) is 0 Å². The molecule has 5 nitrogen and oxygen atoms in total. The van der Waals surface area contributed by atoms with E-state index in [9.17, 15) is 18.3 Å². The number of thioether (sulfide) groups is 1. The van der Waals surface area contributed by atoms with Crippen molar-refractivity contribution in [2.24, 2.45) is 0 Å². The Balaban J connectivity index is 2.45. The van der Waals surface area contributed by atoms with Crippen LogP contribution >= 0.6 is 11.8 Å². The van der Waals surface area contributed by atoms with Crippen LogP contribution in [-0.4, -0.2) is 49.8 Å². The summed E-state index contributed by atoms with van der Waals surface area (Å²) in [6.45, 7) is 1.91. The molecule has 0 heterocycles. The molecule has 1 aromatic rings. The largest absolute Gasteiger partial charge is 0.387 e. The number of aryl methyl sites for hydroxylation is 1. The zero-order chi connectivity index (χ0) is 16.8. The fourth-order valence-electron chi connectivity index (χ4n) is 1.90. The first-order chi connectivity index (χ1) is 10.1. The molecule has 0 aliphatic carbocycles. The van der Waals surface area contributed by atoms with Gasteiger partial charge >= 0.3 is 0 Å². The van der Waals surface area contributed by atoms with Crippen molar-refractivity contribution in [3.8, 4) is 0 Å². The number of amides is 1. The van der Waals surface area contributed by atoms with Crippen LogP contribution in [0.1, 0.15) is 18.9 Å². The van der Waals surface area contributed by atoms with Gasteiger partial charge in [-0.25, -0.2) is 8.42 Å². The van der Waals surface area contributed by atoms with E-state index in [2.05, 4.69) is 5.32 Å². The van der Waals surface area contributed by atoms with Gasteiger partial charge in [-0.15, -0.1) is 0 Å². The van der Waals surface area contributed by atoms with E-state index in [1.807, 2.05) is 6.26 Å². The molecule has 0 aliphatic heterocycles. The third-order valence-corrected chi connectivity index (χ3v) is 5.15. The molecule has 1 unspecified atom stereocenters. The van der Waals surface area contributed by atoms with Gasteiger partial charge in [0.1, 0.15) is 0 Å². The first-order valence-electron chi connectivity index (χ1n) is 6.91. The van der Waals surface area contributed by atoms with Gasteiger partial charge in [-0.3, -0.25) is 4.79 Å². The molecule has 0 saturated heterocycles. The number of benzene rings is 1. The van der Waals surface area contributed by atoms with E-state index in [4.69, 9.17) is 0 Å². The number of carbonyl (C=O) groups is 1. The van der Waals surface area contributed by atoms with Gasteiger partial charge in [0, 0.05) is 25.0 Å². The van der Waals surface area contributed by atoms with Crippen molar-refractivity contribution in [1.82, 2.24) is 5.32 Å². The molecule has 7 heteroatoms. The van der Waals surface area contributed by atoms with Crippen molar-refractivity contribution in [3.63, 3.8) is 0 Å². The van der Waals surface area contributed by atoms with Crippen molar-refractivity contribution in [3.05, 3.63) is 29.8 Å². The van der Waals surface area contributed by atoms with E-state index < -0.39 is 15.4 Å². The summed E-state index contributed by atoms with van der Waals surface area (Å²) >= 11 is 1.52. The Morgan fingerprint density at radius 2 is 1.91 bits per heavy atom. The molecule has 1 aromatic carbocycles. The van der Waals surface area contributed by atoms with Crippen LogP contribution in [0.2, 0.25) is 0 Å². The highest BCUT2D eigenvalue weighted by atomic mass is 32.2. The third-order valence-electron chi connectivity index (χ3n) is 3.11. The maximum atomic E-state index is 11.8. The Morgan fingerprint density at radius 1 is 1.32 bits per heavy atom. The summed E-state index contributed by atoms with van der Waals surface area (Å²) < 4.78 is 22.7. The molecule has 0 radical (unpaired) electrons. The lowest BCUT2D eigenvalue weighted by Crippen LogP contribution is -2.42. The van der Waals surface area contributed by atoms with Crippen LogP contribution in [0.4, 0.5) is 0 Å². The summed E-state index contributed by atoms with van der Waals surface area (Å²) in [5, 5.41) is 12.7. The molecule has 1 rings (SSSR count). The van der Waals surface area contributed by atoms with E-state index >= 15 is 0 Å². The highest BCUT2D eigenvalue weighted by Crippen LogP contribution is 2.12. The molecular formula is C15H23NO4S2. The average molecular weight is 345 g/mol. The van der Waals surface area contributed by atoms with Gasteiger partial charge in [0.25, 0.3) is 0 Å². The first-order valence-corrected chi connectivity index (χ1v) is 10.2. The summed E-state index contributed by atoms with van der Waals surface area (Å²) in [6, 6.07) is 6.53. The SMILES string of the molecule is CSCC(C)(O)CNC(=O)CCc1ccc(S(C)(=O)=O)cc1. The van der Waals surface area contributed by atoms with E-state index in [0.717, 1.165) is 11.8 Å². The smallest absolute Gasteiger partial charge is 0.220 e. The maximum absolute atomic E-state index is 11.8. The van der Waals surface area contributed by atoms with Gasteiger partial charge in [0.15, 0.2) is 9.84 Å². The molecule has 0 bridgehead atoms. The molecule has 0 aromatic heterocycles. The molecule has 22 heavy (non-hydrogen) atoms. The van der Waals surface area contributed by atoms with E-state index in [-0.39, 0.29) is 17.3 Å². The molecule has 0 saturated carbocycles. The van der Waals surface area contributed by atoms with E-state index in [1.165, 1.54) is 11.8 Å². The van der Waals surface area contributed by atoms with Crippen molar-refractivity contribution in [2.75, 3.05) is 24.8 Å². The Bertz CT molecular complexity index is 594. The van der Waals surface area contributed by atoms with Crippen molar-refractivity contribution in [1.29, 1.82) is 0 Å². The molecule has 0 aliphatic rings. The normalized spacial score (nSPS) is 14.4. The second kappa shape index (κ2) is 7.99. The van der Waals surface area contributed by atoms with E-state index in [0.29, 0.717) is 18.6 Å². The second-order valence-corrected chi connectivity index (χ2v) is 8.50. The summed E-state index contributed by atoms with van der Waals surface area (Å²) in [5.41, 5.74) is -0.00919. The number of hydrogen-bond donors (Lipinski definition) is 2. The van der Waals surface area contributed by atoms with Crippen LogP contribution in [0, 0.1) is 0 Å². The minimum Gasteiger partial charge on any atom is -0.387 e. The standard InChI is InChI=1S/C15H23NO4S2/c1-15(18,11-21-2)10-16-14(17)9-6-12-4-7-13(8-5-12)22(3,19)20/h4-5,7-8,18H,6,9-11H2,1-3H3,(H,16,17). The maximum Gasteiger partial charge on any atom is 0.220 e. The third kappa shape index (κ3) is 6.81. The monoisotopic (exact) mass is 345 g/mol. The number of nitrogens with one attached hydrogen (secondary N) is 1. The molecule has 1 atom stereocenters. The Hall–Kier alpha value is -1.05. The Morgan fingerprint density at radius 3 is 2.41 bits per heavy atom. The Kier molecular flexibility index (Phi) is 6.90. The van der Waals surface area contributed by atoms with Crippen LogP contribution < -0.4 is 5.32 Å². The first kappa shape index (κ1) is 19.0. The van der Waals surface area contributed by atoms with Gasteiger partial charge < -0.3 is 10.4 Å². The highest BCUT2D eigenvalue weighted by molar-refractivity contribution is 7.98. The Labute approximate surface area is 136 Å². The topological polar surface area (TPSA) is 83.5 Å². The molecule has 124 valence electrons. The summed E-state index contributed by atoms with van der Waals surface area (Å²) in [6.07, 6.45) is 3.89. The molecule has 0 spiro atoms. The summed E-state index contributed by atoms with van der Waals surface area (Å²) in [7, 11) is -3.19. The quantitative estimate of drug-likeness (QED) is 0.741. The molecule has 1 amide bonds. The summed E-state index contributed by atoms with van der Waals surface area (Å²) in [4.78, 5) is 12.0. The fraction of sp³-hybridized carbons (Fsp3) is 0.533. The number of rotatable bonds is 8. The van der Waals surface area contributed by atoms with Crippen molar-refractivity contribution in [2.45, 2.75) is 30.3 Å². The molecule has 0 fully saturated rings. The number of aliphatic hydroxyl groups is 1. The molecule has 2 N–H and O–H groups in total. The predicted octanol–water partition coefficient (Wildman–Crippen LogP) is 1.25. The highest BCUT2D eigenvalue weighted by Gasteiger charge is 2.20. The minimum absolute atomic E-state index is 0.131. The summed E-state index contributed by atoms with van der Waals surface area (Å²) in [5.74, 6) is 0.425. The van der Waals surface area contributed by atoms with Crippen LogP contribution in [0.25, 0.3) is 0 Å². The van der Waals surface area contributed by atoms with Gasteiger partial charge in [-0.05, 0) is 37.3 Å². The van der Waals surface area contributed by atoms with Gasteiger partial charge in [0.05, 0.1) is 10.5 Å². The van der Waals surface area contributed by atoms with Gasteiger partial charge in [0.2, 0.25) is 5.91 Å². The molecular weight excluding hydrogens is 322 g/mol. The van der Waals surface area contributed by atoms with Crippen LogP contribution in [0.3, 0.4) is 0 Å². The zero-order valence-corrected chi connectivity index (χ0v) is 14.8. The fourth-order valence-corrected chi connectivity index (χ4v) is 3.25. The van der Waals surface area contributed by atoms with Crippen molar-refractivity contribution >= 4 is 27.5 Å². The van der Waals surface area contributed by atoms with Gasteiger partial charge in [-0.1, -0.05) is 12.1 Å². The lowest BCUT2D eigenvalue weighted by Gasteiger charge is -2.22. The lowest BCUT2D eigenvalue weighted by atomic mass is 10.1. The van der Waals surface area contributed by atoms with Crippen molar-refractivity contribution < 1.29 is 18.3 Å². The average Bonchev–Trinajstić information content (AvgIpc) is 2.42. The zero-order valence-electron chi connectivity index (χ0n) is 13.1. The number of carbonyl (C=O) groups excluding carboxylic acids is 1. The van der Waals surface area contributed by atoms with Gasteiger partial charge in [-0.2, -0.15) is 11.8 Å². The second-order valence-electron chi connectivity index (χ2n) is 5.62.